The highest BCUT2D eigenvalue weighted by Crippen LogP contribution is 2.26. The normalized spacial score (nSPS) is 12.9. The van der Waals surface area contributed by atoms with Gasteiger partial charge < -0.3 is 10.2 Å². The second kappa shape index (κ2) is 6.97. The fourth-order valence-electron chi connectivity index (χ4n) is 2.84. The Morgan fingerprint density at radius 3 is 2.62 bits per heavy atom. The van der Waals surface area contributed by atoms with Gasteiger partial charge in [-0.05, 0) is 48.7 Å². The number of amides is 2. The molecule has 0 saturated carbocycles. The smallest absolute Gasteiger partial charge is 0.251 e. The molecule has 5 heteroatoms. The van der Waals surface area contributed by atoms with Crippen LogP contribution < -0.4 is 10.2 Å². The van der Waals surface area contributed by atoms with E-state index in [2.05, 4.69) is 5.32 Å². The predicted molar refractivity (Wildman–Crippen MR) is 90.6 cm³/mol. The van der Waals surface area contributed by atoms with Gasteiger partial charge in [0.05, 0.1) is 18.2 Å². The summed E-state index contributed by atoms with van der Waals surface area (Å²) in [7, 11) is 0. The van der Waals surface area contributed by atoms with Gasteiger partial charge >= 0.3 is 0 Å². The Hall–Kier alpha value is -3.13. The minimum Gasteiger partial charge on any atom is -0.343 e. The second-order valence-electron chi connectivity index (χ2n) is 5.65. The van der Waals surface area contributed by atoms with E-state index in [1.54, 1.807) is 29.2 Å². The third kappa shape index (κ3) is 3.28. The predicted octanol–water partition coefficient (Wildman–Crippen LogP) is 2.27. The first-order valence-electron chi connectivity index (χ1n) is 7.85. The molecular weight excluding hydrogens is 302 g/mol. The van der Waals surface area contributed by atoms with Crippen LogP contribution in [0.2, 0.25) is 0 Å². The number of carbonyl (C=O) groups is 2. The summed E-state index contributed by atoms with van der Waals surface area (Å²) in [6, 6.07) is 16.2. The van der Waals surface area contributed by atoms with Gasteiger partial charge in [-0.2, -0.15) is 5.26 Å². The number of nitriles is 1. The number of nitrogens with one attached hydrogen (secondary N) is 1. The number of hydrogen-bond acceptors (Lipinski definition) is 3. The van der Waals surface area contributed by atoms with Crippen LogP contribution in [-0.4, -0.2) is 24.9 Å². The SMILES string of the molecule is N#Cc1ccc(C(=O)NCC(=O)N2CCCc3ccccc32)cc1. The first-order chi connectivity index (χ1) is 11.7. The minimum atomic E-state index is -0.321. The van der Waals surface area contributed by atoms with Gasteiger partial charge in [0.2, 0.25) is 5.91 Å². The van der Waals surface area contributed by atoms with Gasteiger partial charge in [-0.15, -0.1) is 0 Å². The molecule has 24 heavy (non-hydrogen) atoms. The number of rotatable bonds is 3. The molecule has 5 nitrogen and oxygen atoms in total. The average molecular weight is 319 g/mol. The van der Waals surface area contributed by atoms with E-state index in [1.807, 2.05) is 30.3 Å². The van der Waals surface area contributed by atoms with E-state index in [1.165, 1.54) is 0 Å². The summed E-state index contributed by atoms with van der Waals surface area (Å²) in [5.41, 5.74) is 3.02. The Morgan fingerprint density at radius 1 is 1.12 bits per heavy atom. The molecule has 0 bridgehead atoms. The Morgan fingerprint density at radius 2 is 1.88 bits per heavy atom. The Balaban J connectivity index is 1.63. The van der Waals surface area contributed by atoms with E-state index in [9.17, 15) is 9.59 Å². The summed E-state index contributed by atoms with van der Waals surface area (Å²) in [5, 5.41) is 11.4. The number of para-hydroxylation sites is 1. The summed E-state index contributed by atoms with van der Waals surface area (Å²) < 4.78 is 0. The summed E-state index contributed by atoms with van der Waals surface area (Å²) in [4.78, 5) is 26.3. The molecule has 2 aromatic carbocycles. The van der Waals surface area contributed by atoms with E-state index in [-0.39, 0.29) is 18.4 Å². The lowest BCUT2D eigenvalue weighted by Crippen LogP contribution is -2.42. The Kier molecular flexibility index (Phi) is 4.57. The van der Waals surface area contributed by atoms with Crippen molar-refractivity contribution in [1.82, 2.24) is 5.32 Å². The van der Waals surface area contributed by atoms with Crippen molar-refractivity contribution in [3.8, 4) is 6.07 Å². The van der Waals surface area contributed by atoms with Crippen LogP contribution in [0.5, 0.6) is 0 Å². The quantitative estimate of drug-likeness (QED) is 0.943. The molecule has 0 spiro atoms. The zero-order valence-corrected chi connectivity index (χ0v) is 13.2. The lowest BCUT2D eigenvalue weighted by Gasteiger charge is -2.29. The van der Waals surface area contributed by atoms with Gasteiger partial charge in [-0.1, -0.05) is 18.2 Å². The highest BCUT2D eigenvalue weighted by molar-refractivity contribution is 6.00. The number of hydrogen-bond donors (Lipinski definition) is 1. The molecule has 1 N–H and O–H groups in total. The second-order valence-corrected chi connectivity index (χ2v) is 5.65. The maximum Gasteiger partial charge on any atom is 0.251 e. The highest BCUT2D eigenvalue weighted by Gasteiger charge is 2.22. The van der Waals surface area contributed by atoms with Crippen LogP contribution >= 0.6 is 0 Å². The number of anilines is 1. The van der Waals surface area contributed by atoms with Gasteiger partial charge in [0.25, 0.3) is 5.91 Å². The van der Waals surface area contributed by atoms with Crippen molar-refractivity contribution in [3.05, 3.63) is 65.2 Å². The molecule has 1 aliphatic rings. The molecule has 2 aromatic rings. The maximum atomic E-state index is 12.5. The van der Waals surface area contributed by atoms with Crippen molar-refractivity contribution in [3.63, 3.8) is 0 Å². The number of aryl methyl sites for hydroxylation is 1. The van der Waals surface area contributed by atoms with Crippen LogP contribution in [0.15, 0.2) is 48.5 Å². The van der Waals surface area contributed by atoms with Crippen molar-refractivity contribution in [1.29, 1.82) is 5.26 Å². The molecule has 0 radical (unpaired) electrons. The van der Waals surface area contributed by atoms with Gasteiger partial charge in [0, 0.05) is 17.8 Å². The number of nitrogens with zero attached hydrogens (tertiary/aromatic N) is 2. The molecule has 1 heterocycles. The van der Waals surface area contributed by atoms with Crippen LogP contribution in [0, 0.1) is 11.3 Å². The van der Waals surface area contributed by atoms with Gasteiger partial charge in [-0.25, -0.2) is 0 Å². The molecule has 3 rings (SSSR count). The number of benzene rings is 2. The number of carbonyl (C=O) groups excluding carboxylic acids is 2. The van der Waals surface area contributed by atoms with Crippen molar-refractivity contribution >= 4 is 17.5 Å². The Labute approximate surface area is 140 Å². The molecule has 0 fully saturated rings. The molecule has 2 amide bonds. The van der Waals surface area contributed by atoms with E-state index in [0.717, 1.165) is 24.1 Å². The molecule has 0 saturated heterocycles. The van der Waals surface area contributed by atoms with Crippen molar-refractivity contribution in [2.75, 3.05) is 18.0 Å². The van der Waals surface area contributed by atoms with Crippen molar-refractivity contribution < 1.29 is 9.59 Å². The van der Waals surface area contributed by atoms with Gasteiger partial charge in [0.15, 0.2) is 0 Å². The molecular formula is C19H17N3O2. The first kappa shape index (κ1) is 15.8. The van der Waals surface area contributed by atoms with Gasteiger partial charge in [0.1, 0.15) is 0 Å². The topological polar surface area (TPSA) is 73.2 Å². The fraction of sp³-hybridized carbons (Fsp3) is 0.211. The van der Waals surface area contributed by atoms with E-state index in [0.29, 0.717) is 17.7 Å². The molecule has 0 aliphatic carbocycles. The molecule has 0 aromatic heterocycles. The summed E-state index contributed by atoms with van der Waals surface area (Å²) in [6.07, 6.45) is 1.89. The van der Waals surface area contributed by atoms with Crippen molar-refractivity contribution in [2.45, 2.75) is 12.8 Å². The third-order valence-electron chi connectivity index (χ3n) is 4.09. The molecule has 120 valence electrons. The Bertz CT molecular complexity index is 806. The fourth-order valence-corrected chi connectivity index (χ4v) is 2.84. The van der Waals surface area contributed by atoms with Crippen LogP contribution in [-0.2, 0) is 11.2 Å². The standard InChI is InChI=1S/C19H17N3O2/c20-12-14-7-9-16(10-8-14)19(24)21-13-18(23)22-11-3-5-15-4-1-2-6-17(15)22/h1-2,4,6-10H,3,5,11,13H2,(H,21,24). The molecule has 1 aliphatic heterocycles. The molecule has 0 atom stereocenters. The highest BCUT2D eigenvalue weighted by atomic mass is 16.2. The minimum absolute atomic E-state index is 0.0484. The lowest BCUT2D eigenvalue weighted by atomic mass is 10.0. The van der Waals surface area contributed by atoms with E-state index in [4.69, 9.17) is 5.26 Å². The lowest BCUT2D eigenvalue weighted by molar-refractivity contribution is -0.117. The van der Waals surface area contributed by atoms with E-state index < -0.39 is 0 Å². The van der Waals surface area contributed by atoms with Crippen LogP contribution in [0.25, 0.3) is 0 Å². The monoisotopic (exact) mass is 319 g/mol. The first-order valence-corrected chi connectivity index (χ1v) is 7.85. The zero-order valence-electron chi connectivity index (χ0n) is 13.2. The zero-order chi connectivity index (χ0) is 16.9. The largest absolute Gasteiger partial charge is 0.343 e. The maximum absolute atomic E-state index is 12.5. The van der Waals surface area contributed by atoms with E-state index >= 15 is 0 Å². The van der Waals surface area contributed by atoms with Crippen LogP contribution in [0.4, 0.5) is 5.69 Å². The summed E-state index contributed by atoms with van der Waals surface area (Å²) in [6.45, 7) is 0.621. The summed E-state index contributed by atoms with van der Waals surface area (Å²) in [5.74, 6) is -0.442. The molecule has 0 unspecified atom stereocenters. The van der Waals surface area contributed by atoms with Crippen molar-refractivity contribution in [2.24, 2.45) is 0 Å². The summed E-state index contributed by atoms with van der Waals surface area (Å²) >= 11 is 0. The third-order valence-corrected chi connectivity index (χ3v) is 4.09. The van der Waals surface area contributed by atoms with Gasteiger partial charge in [-0.3, -0.25) is 9.59 Å². The van der Waals surface area contributed by atoms with Crippen LogP contribution in [0.1, 0.15) is 27.9 Å². The van der Waals surface area contributed by atoms with Crippen LogP contribution in [0.3, 0.4) is 0 Å². The number of fused-ring (bicyclic) bond motifs is 1. The average Bonchev–Trinajstić information content (AvgIpc) is 2.65.